The van der Waals surface area contributed by atoms with Crippen LogP contribution >= 0.6 is 0 Å². The Bertz CT molecular complexity index is 2860. The highest BCUT2D eigenvalue weighted by molar-refractivity contribution is 6.26. The van der Waals surface area contributed by atoms with E-state index in [0.717, 1.165) is 82.9 Å². The summed E-state index contributed by atoms with van der Waals surface area (Å²) in [5, 5.41) is 16.9. The molecule has 0 bridgehead atoms. The summed E-state index contributed by atoms with van der Waals surface area (Å²) in [5.74, 6) is 0. The van der Waals surface area contributed by atoms with Crippen molar-refractivity contribution in [2.75, 3.05) is 0 Å². The molecule has 0 N–H and O–H groups in total. The number of rotatable bonds is 3. The maximum Gasteiger partial charge on any atom is 0.136 e. The average molecular weight is 601 g/mol. The van der Waals surface area contributed by atoms with Gasteiger partial charge in [-0.15, -0.1) is 0 Å². The van der Waals surface area contributed by atoms with Crippen molar-refractivity contribution >= 4 is 65.7 Å². The van der Waals surface area contributed by atoms with Gasteiger partial charge in [0.25, 0.3) is 0 Å². The topological polar surface area (TPSA) is 55.0 Å². The minimum atomic E-state index is 0.614. The number of nitriles is 1. The van der Waals surface area contributed by atoms with Crippen LogP contribution < -0.4 is 0 Å². The van der Waals surface area contributed by atoms with E-state index in [-0.39, 0.29) is 0 Å². The molecule has 0 unspecified atom stereocenters. The third-order valence-corrected chi connectivity index (χ3v) is 9.45. The summed E-state index contributed by atoms with van der Waals surface area (Å²) in [5.41, 5.74) is 11.1. The molecule has 0 saturated carbocycles. The zero-order chi connectivity index (χ0) is 31.1. The Kier molecular flexibility index (Phi) is 5.32. The Morgan fingerprint density at radius 2 is 1.00 bits per heavy atom. The lowest BCUT2D eigenvalue weighted by Crippen LogP contribution is -1.99. The van der Waals surface area contributed by atoms with Crippen molar-refractivity contribution in [3.63, 3.8) is 0 Å². The number of para-hydroxylation sites is 2. The van der Waals surface area contributed by atoms with Crippen molar-refractivity contribution in [2.45, 2.75) is 0 Å². The normalized spacial score (nSPS) is 11.8. The van der Waals surface area contributed by atoms with Gasteiger partial charge in [-0.1, -0.05) is 84.9 Å². The van der Waals surface area contributed by atoms with Gasteiger partial charge in [-0.25, -0.2) is 0 Å². The monoisotopic (exact) mass is 600 g/mol. The number of benzene rings is 7. The fraction of sp³-hybridized carbons (Fsp3) is 0. The smallest absolute Gasteiger partial charge is 0.136 e. The summed E-state index contributed by atoms with van der Waals surface area (Å²) in [4.78, 5) is 0. The van der Waals surface area contributed by atoms with Gasteiger partial charge in [0.2, 0.25) is 0 Å². The lowest BCUT2D eigenvalue weighted by molar-refractivity contribution is 0.663. The fourth-order valence-electron chi connectivity index (χ4n) is 7.41. The molecule has 7 aromatic carbocycles. The van der Waals surface area contributed by atoms with Crippen molar-refractivity contribution in [1.82, 2.24) is 4.57 Å². The van der Waals surface area contributed by atoms with Gasteiger partial charge in [-0.3, -0.25) is 0 Å². The van der Waals surface area contributed by atoms with Crippen LogP contribution in [0.25, 0.3) is 93.6 Å². The second-order valence-electron chi connectivity index (χ2n) is 12.0. The van der Waals surface area contributed by atoms with Gasteiger partial charge in [-0.2, -0.15) is 5.26 Å². The van der Waals surface area contributed by atoms with Crippen molar-refractivity contribution in [3.8, 4) is 34.0 Å². The number of hydrogen-bond donors (Lipinski definition) is 0. The average Bonchev–Trinajstić information content (AvgIpc) is 3.80. The number of fused-ring (bicyclic) bond motifs is 10. The highest BCUT2D eigenvalue weighted by Gasteiger charge is 2.21. The molecule has 10 rings (SSSR count). The van der Waals surface area contributed by atoms with E-state index in [1.165, 1.54) is 10.8 Å². The van der Waals surface area contributed by atoms with Crippen molar-refractivity contribution in [1.29, 1.82) is 5.26 Å². The Labute approximate surface area is 268 Å². The van der Waals surface area contributed by atoms with Crippen LogP contribution in [0.2, 0.25) is 0 Å². The molecule has 0 fully saturated rings. The molecule has 0 aliphatic carbocycles. The third-order valence-electron chi connectivity index (χ3n) is 9.45. The lowest BCUT2D eigenvalue weighted by atomic mass is 9.95. The summed E-state index contributed by atoms with van der Waals surface area (Å²) in [6.07, 6.45) is 0. The first-order chi connectivity index (χ1) is 23.3. The van der Waals surface area contributed by atoms with Crippen LogP contribution in [-0.4, -0.2) is 4.57 Å². The Balaban J connectivity index is 1.27. The van der Waals surface area contributed by atoms with Crippen LogP contribution in [0.3, 0.4) is 0 Å². The predicted octanol–water partition coefficient (Wildman–Crippen LogP) is 11.8. The Hall–Kier alpha value is -6.57. The molecule has 0 atom stereocenters. The zero-order valence-electron chi connectivity index (χ0n) is 25.1. The predicted molar refractivity (Wildman–Crippen MR) is 191 cm³/mol. The summed E-state index contributed by atoms with van der Waals surface area (Å²) in [7, 11) is 0. The molecule has 47 heavy (non-hydrogen) atoms. The minimum absolute atomic E-state index is 0.614. The zero-order valence-corrected chi connectivity index (χ0v) is 25.1. The van der Waals surface area contributed by atoms with Gasteiger partial charge in [0, 0.05) is 37.9 Å². The molecular weight excluding hydrogens is 576 g/mol. The summed E-state index contributed by atoms with van der Waals surface area (Å²) in [6, 6.07) is 52.4. The fourth-order valence-corrected chi connectivity index (χ4v) is 7.41. The number of nitrogens with zero attached hydrogens (tertiary/aromatic N) is 2. The molecule has 0 spiro atoms. The van der Waals surface area contributed by atoms with Crippen LogP contribution in [0.15, 0.2) is 154 Å². The highest BCUT2D eigenvalue weighted by Crippen LogP contribution is 2.44. The SMILES string of the molecule is N#Cc1cccc(-n2c3ccccc3c3ccccc32)c1-c1ccc2oc3ccc4oc5ccc(-c6ccccc6)cc5c4c3c2c1. The first-order valence-electron chi connectivity index (χ1n) is 15.7. The molecule has 218 valence electrons. The summed E-state index contributed by atoms with van der Waals surface area (Å²) in [6.45, 7) is 0. The Morgan fingerprint density at radius 3 is 1.64 bits per heavy atom. The third kappa shape index (κ3) is 3.69. The van der Waals surface area contributed by atoms with E-state index in [2.05, 4.69) is 120 Å². The van der Waals surface area contributed by atoms with Gasteiger partial charge in [0.1, 0.15) is 22.3 Å². The molecule has 3 aromatic heterocycles. The van der Waals surface area contributed by atoms with Gasteiger partial charge < -0.3 is 13.4 Å². The molecule has 0 saturated heterocycles. The quantitative estimate of drug-likeness (QED) is 0.203. The highest BCUT2D eigenvalue weighted by atomic mass is 16.3. The van der Waals surface area contributed by atoms with E-state index in [0.29, 0.717) is 5.56 Å². The molecule has 3 heterocycles. The van der Waals surface area contributed by atoms with E-state index in [4.69, 9.17) is 8.83 Å². The molecule has 10 aromatic rings. The van der Waals surface area contributed by atoms with E-state index < -0.39 is 0 Å². The van der Waals surface area contributed by atoms with Crippen LogP contribution in [0.4, 0.5) is 0 Å². The lowest BCUT2D eigenvalue weighted by Gasteiger charge is -2.15. The summed E-state index contributed by atoms with van der Waals surface area (Å²) < 4.78 is 15.1. The van der Waals surface area contributed by atoms with Crippen LogP contribution in [-0.2, 0) is 0 Å². The van der Waals surface area contributed by atoms with Gasteiger partial charge in [0.05, 0.1) is 28.4 Å². The van der Waals surface area contributed by atoms with E-state index in [1.54, 1.807) is 0 Å². The van der Waals surface area contributed by atoms with Crippen molar-refractivity contribution in [3.05, 3.63) is 151 Å². The van der Waals surface area contributed by atoms with E-state index in [1.807, 2.05) is 36.4 Å². The maximum absolute atomic E-state index is 10.4. The maximum atomic E-state index is 10.4. The van der Waals surface area contributed by atoms with Crippen LogP contribution in [0.5, 0.6) is 0 Å². The van der Waals surface area contributed by atoms with Gasteiger partial charge >= 0.3 is 0 Å². The van der Waals surface area contributed by atoms with Crippen molar-refractivity contribution in [2.24, 2.45) is 0 Å². The minimum Gasteiger partial charge on any atom is -0.456 e. The number of aromatic nitrogens is 1. The van der Waals surface area contributed by atoms with Crippen molar-refractivity contribution < 1.29 is 8.83 Å². The second-order valence-corrected chi connectivity index (χ2v) is 12.0. The standard InChI is InChI=1S/C43H24N2O2/c44-25-29-11-8-16-36(45-34-14-6-4-12-30(34)31-13-5-7-15-35(31)45)41(29)28-18-20-38-33(24-28)43-40(47-38)22-21-39-42(43)32-23-27(17-19-37(32)46-39)26-9-2-1-3-10-26/h1-24H. The number of furan rings is 2. The first kappa shape index (κ1) is 25.7. The van der Waals surface area contributed by atoms with Crippen LogP contribution in [0.1, 0.15) is 5.56 Å². The first-order valence-corrected chi connectivity index (χ1v) is 15.7. The van der Waals surface area contributed by atoms with Gasteiger partial charge in [0.15, 0.2) is 0 Å². The molecular formula is C43H24N2O2. The molecule has 0 radical (unpaired) electrons. The number of hydrogen-bond acceptors (Lipinski definition) is 3. The molecule has 0 amide bonds. The molecule has 0 aliphatic rings. The second kappa shape index (κ2) is 9.71. The summed E-state index contributed by atoms with van der Waals surface area (Å²) >= 11 is 0. The molecule has 4 heteroatoms. The van der Waals surface area contributed by atoms with Crippen LogP contribution in [0, 0.1) is 11.3 Å². The largest absolute Gasteiger partial charge is 0.456 e. The van der Waals surface area contributed by atoms with E-state index in [9.17, 15) is 5.26 Å². The molecule has 4 nitrogen and oxygen atoms in total. The van der Waals surface area contributed by atoms with E-state index >= 15 is 0 Å². The molecule has 0 aliphatic heterocycles. The Morgan fingerprint density at radius 1 is 0.447 bits per heavy atom. The van der Waals surface area contributed by atoms with Gasteiger partial charge in [-0.05, 0) is 77.4 Å².